The number of benzene rings is 3. The summed E-state index contributed by atoms with van der Waals surface area (Å²) < 4.78 is 9.55. The molecule has 4 N–H and O–H groups in total. The van der Waals surface area contributed by atoms with Crippen molar-refractivity contribution in [3.05, 3.63) is 81.9 Å². The van der Waals surface area contributed by atoms with E-state index in [1.165, 1.54) is 24.3 Å². The second kappa shape index (κ2) is 10.6. The van der Waals surface area contributed by atoms with E-state index in [2.05, 4.69) is 0 Å². The molecule has 0 unspecified atom stereocenters. The van der Waals surface area contributed by atoms with Gasteiger partial charge in [-0.15, -0.1) is 0 Å². The molecule has 0 aliphatic rings. The summed E-state index contributed by atoms with van der Waals surface area (Å²) in [7, 11) is 1.99. The van der Waals surface area contributed by atoms with Gasteiger partial charge < -0.3 is 29.9 Å². The van der Waals surface area contributed by atoms with Crippen LogP contribution < -0.4 is 0 Å². The zero-order valence-corrected chi connectivity index (χ0v) is 19.7. The first-order valence-corrected chi connectivity index (χ1v) is 10.5. The summed E-state index contributed by atoms with van der Waals surface area (Å²) in [5.74, 6) is -8.76. The molecule has 3 rings (SSSR count). The van der Waals surface area contributed by atoms with E-state index in [4.69, 9.17) is 9.47 Å². The first-order chi connectivity index (χ1) is 18.0. The number of aromatic carboxylic acids is 4. The maximum absolute atomic E-state index is 13.0. The lowest BCUT2D eigenvalue weighted by Gasteiger charge is -2.20. The van der Waals surface area contributed by atoms with Gasteiger partial charge in [0, 0.05) is 5.56 Å². The van der Waals surface area contributed by atoms with Gasteiger partial charge in [-0.05, 0) is 34.9 Å². The molecular weight excluding hydrogens is 504 g/mol. The Balaban J connectivity index is 2.70. The van der Waals surface area contributed by atoms with Crippen molar-refractivity contribution in [2.45, 2.75) is 0 Å². The highest BCUT2D eigenvalue weighted by molar-refractivity contribution is 6.16. The fourth-order valence-corrected chi connectivity index (χ4v) is 4.06. The van der Waals surface area contributed by atoms with Crippen molar-refractivity contribution in [1.29, 1.82) is 0 Å². The molecule has 3 aromatic carbocycles. The van der Waals surface area contributed by atoms with E-state index in [1.54, 1.807) is 0 Å². The molecule has 0 amide bonds. The van der Waals surface area contributed by atoms with Gasteiger partial charge in [0.1, 0.15) is 0 Å². The van der Waals surface area contributed by atoms with Crippen molar-refractivity contribution in [1.82, 2.24) is 0 Å². The second-order valence-electron chi connectivity index (χ2n) is 7.57. The van der Waals surface area contributed by atoms with Crippen LogP contribution >= 0.6 is 0 Å². The Morgan fingerprint density at radius 3 is 1.42 bits per heavy atom. The minimum Gasteiger partial charge on any atom is -0.478 e. The molecule has 194 valence electrons. The summed E-state index contributed by atoms with van der Waals surface area (Å²) in [5.41, 5.74) is -4.93. The van der Waals surface area contributed by atoms with Gasteiger partial charge in [0.15, 0.2) is 0 Å². The molecule has 0 fully saturated rings. The van der Waals surface area contributed by atoms with Crippen LogP contribution in [0.15, 0.2) is 48.5 Å². The Hall–Kier alpha value is -5.52. The SMILES string of the molecule is COC(=O)c1ccc(-c2cccc(C(=O)O)c2C(=O)O)c(-c2cccc(C(=O)O)c2C(=O)O)c1C(=O)OC. The highest BCUT2D eigenvalue weighted by atomic mass is 16.5. The van der Waals surface area contributed by atoms with Gasteiger partial charge >= 0.3 is 35.8 Å². The Labute approximate surface area is 213 Å². The minimum absolute atomic E-state index is 0.191. The number of carbonyl (C=O) groups is 6. The topological polar surface area (TPSA) is 202 Å². The Morgan fingerprint density at radius 1 is 0.500 bits per heavy atom. The third-order valence-corrected chi connectivity index (χ3v) is 5.58. The van der Waals surface area contributed by atoms with Gasteiger partial charge in [0.05, 0.1) is 47.6 Å². The molecule has 0 spiro atoms. The number of methoxy groups -OCH3 is 2. The first-order valence-electron chi connectivity index (χ1n) is 10.5. The van der Waals surface area contributed by atoms with Crippen LogP contribution in [0.4, 0.5) is 0 Å². The molecule has 0 atom stereocenters. The molecule has 0 aliphatic carbocycles. The average Bonchev–Trinajstić information content (AvgIpc) is 2.90. The monoisotopic (exact) mass is 522 g/mol. The molecule has 12 nitrogen and oxygen atoms in total. The van der Waals surface area contributed by atoms with Crippen LogP contribution in [0.1, 0.15) is 62.1 Å². The molecule has 0 radical (unpaired) electrons. The van der Waals surface area contributed by atoms with Crippen molar-refractivity contribution >= 4 is 35.8 Å². The summed E-state index contributed by atoms with van der Waals surface area (Å²) in [6.45, 7) is 0. The molecule has 0 bridgehead atoms. The van der Waals surface area contributed by atoms with E-state index in [9.17, 15) is 49.2 Å². The predicted molar refractivity (Wildman–Crippen MR) is 128 cm³/mol. The van der Waals surface area contributed by atoms with Crippen LogP contribution in [0.2, 0.25) is 0 Å². The number of carboxylic acid groups (broad SMARTS) is 4. The summed E-state index contributed by atoms with van der Waals surface area (Å²) in [6.07, 6.45) is 0. The molecule has 0 heterocycles. The maximum Gasteiger partial charge on any atom is 0.339 e. The van der Waals surface area contributed by atoms with Crippen molar-refractivity contribution in [3.8, 4) is 22.3 Å². The van der Waals surface area contributed by atoms with Gasteiger partial charge in [0.2, 0.25) is 0 Å². The quantitative estimate of drug-likeness (QED) is 0.315. The van der Waals surface area contributed by atoms with Crippen LogP contribution in [0.25, 0.3) is 22.3 Å². The zero-order chi connectivity index (χ0) is 28.3. The van der Waals surface area contributed by atoms with Gasteiger partial charge in [-0.3, -0.25) is 0 Å². The summed E-state index contributed by atoms with van der Waals surface area (Å²) in [4.78, 5) is 73.7. The fourth-order valence-electron chi connectivity index (χ4n) is 4.06. The lowest BCUT2D eigenvalue weighted by molar-refractivity contribution is 0.0556. The third-order valence-electron chi connectivity index (χ3n) is 5.58. The van der Waals surface area contributed by atoms with Gasteiger partial charge in [-0.1, -0.05) is 30.3 Å². The molecule has 0 saturated heterocycles. The molecule has 38 heavy (non-hydrogen) atoms. The minimum atomic E-state index is -1.71. The molecule has 12 heteroatoms. The van der Waals surface area contributed by atoms with Crippen LogP contribution in [-0.2, 0) is 9.47 Å². The normalized spacial score (nSPS) is 10.4. The number of esters is 2. The van der Waals surface area contributed by atoms with Crippen molar-refractivity contribution in [3.63, 3.8) is 0 Å². The van der Waals surface area contributed by atoms with Crippen LogP contribution in [-0.4, -0.2) is 70.5 Å². The van der Waals surface area contributed by atoms with E-state index < -0.39 is 69.2 Å². The Morgan fingerprint density at radius 2 is 0.974 bits per heavy atom. The summed E-state index contributed by atoms with van der Waals surface area (Å²) >= 11 is 0. The lowest BCUT2D eigenvalue weighted by atomic mass is 9.82. The predicted octanol–water partition coefficient (Wildman–Crippen LogP) is 3.39. The molecule has 0 saturated carbocycles. The Bertz CT molecular complexity index is 1530. The molecular formula is C26H18O12. The van der Waals surface area contributed by atoms with E-state index in [-0.39, 0.29) is 22.3 Å². The smallest absolute Gasteiger partial charge is 0.339 e. The number of carboxylic acids is 4. The third kappa shape index (κ3) is 4.65. The highest BCUT2D eigenvalue weighted by Gasteiger charge is 2.32. The average molecular weight is 522 g/mol. The van der Waals surface area contributed by atoms with Crippen LogP contribution in [0.3, 0.4) is 0 Å². The molecule has 3 aromatic rings. The van der Waals surface area contributed by atoms with Crippen LogP contribution in [0.5, 0.6) is 0 Å². The summed E-state index contributed by atoms with van der Waals surface area (Å²) in [5, 5.41) is 39.0. The van der Waals surface area contributed by atoms with Crippen molar-refractivity contribution in [2.24, 2.45) is 0 Å². The van der Waals surface area contributed by atoms with Gasteiger partial charge in [-0.25, -0.2) is 28.8 Å². The summed E-state index contributed by atoms with van der Waals surface area (Å²) in [6, 6.07) is 9.09. The van der Waals surface area contributed by atoms with Crippen molar-refractivity contribution in [2.75, 3.05) is 14.2 Å². The van der Waals surface area contributed by atoms with E-state index in [0.717, 1.165) is 38.5 Å². The zero-order valence-electron chi connectivity index (χ0n) is 19.7. The molecule has 0 aromatic heterocycles. The first kappa shape index (κ1) is 27.1. The van der Waals surface area contributed by atoms with E-state index in [1.807, 2.05) is 0 Å². The second-order valence-corrected chi connectivity index (χ2v) is 7.57. The van der Waals surface area contributed by atoms with Gasteiger partial charge in [-0.2, -0.15) is 0 Å². The number of rotatable bonds is 8. The maximum atomic E-state index is 13.0. The van der Waals surface area contributed by atoms with E-state index >= 15 is 0 Å². The number of hydrogen-bond donors (Lipinski definition) is 4. The highest BCUT2D eigenvalue weighted by Crippen LogP contribution is 2.41. The van der Waals surface area contributed by atoms with Gasteiger partial charge in [0.25, 0.3) is 0 Å². The lowest BCUT2D eigenvalue weighted by Crippen LogP contribution is -2.17. The largest absolute Gasteiger partial charge is 0.478 e. The van der Waals surface area contributed by atoms with Crippen molar-refractivity contribution < 1.29 is 58.7 Å². The number of hydrogen-bond acceptors (Lipinski definition) is 8. The number of ether oxygens (including phenoxy) is 2. The fraction of sp³-hybridized carbons (Fsp3) is 0.0769. The standard InChI is InChI=1S/C26H18O12/c1-37-25(35)16-10-9-12(11-5-3-7-14(21(27)28)18(11)23(31)32)17(20(16)26(36)38-2)13-6-4-8-15(22(29)30)19(13)24(33)34/h3-10H,1-2H3,(H,27,28)(H,29,30)(H,31,32)(H,33,34). The Kier molecular flexibility index (Phi) is 7.57. The molecule has 0 aliphatic heterocycles. The van der Waals surface area contributed by atoms with E-state index in [0.29, 0.717) is 0 Å². The van der Waals surface area contributed by atoms with Crippen LogP contribution in [0, 0.1) is 0 Å². The number of carbonyl (C=O) groups excluding carboxylic acids is 2.